The van der Waals surface area contributed by atoms with Crippen LogP contribution in [0.1, 0.15) is 38.1 Å². The van der Waals surface area contributed by atoms with Crippen LogP contribution in [0.15, 0.2) is 0 Å². The minimum absolute atomic E-state index is 0.117. The van der Waals surface area contributed by atoms with Gasteiger partial charge in [-0.05, 0) is 26.2 Å². The third-order valence-electron chi connectivity index (χ3n) is 3.32. The lowest BCUT2D eigenvalue weighted by Gasteiger charge is -2.09. The van der Waals surface area contributed by atoms with Gasteiger partial charge in [0.2, 0.25) is 0 Å². The Bertz CT molecular complexity index is 436. The maximum atomic E-state index is 12.1. The van der Waals surface area contributed by atoms with Crippen LogP contribution in [-0.4, -0.2) is 28.3 Å². The zero-order chi connectivity index (χ0) is 13.1. The summed E-state index contributed by atoms with van der Waals surface area (Å²) < 4.78 is 7.24. The largest absolute Gasteiger partial charge is 0.370 e. The molecule has 1 fully saturated rings. The van der Waals surface area contributed by atoms with Gasteiger partial charge >= 0.3 is 0 Å². The van der Waals surface area contributed by atoms with Gasteiger partial charge in [0, 0.05) is 13.2 Å². The number of carbonyl (C=O) groups is 1. The molecular weight excluding hydrogens is 252 g/mol. The average molecular weight is 271 g/mol. The lowest BCUT2D eigenvalue weighted by Crippen LogP contribution is -2.22. The van der Waals surface area contributed by atoms with Gasteiger partial charge < -0.3 is 4.74 Å². The van der Waals surface area contributed by atoms with Crippen LogP contribution in [0, 0.1) is 0 Å². The fourth-order valence-corrected chi connectivity index (χ4v) is 2.63. The summed E-state index contributed by atoms with van der Waals surface area (Å²) in [6.07, 6.45) is 2.66. The number of rotatable bonds is 5. The highest BCUT2D eigenvalue weighted by Gasteiger charge is 2.26. The third-order valence-corrected chi connectivity index (χ3v) is 3.76. The van der Waals surface area contributed by atoms with Gasteiger partial charge in [-0.25, -0.2) is 0 Å². The molecule has 100 valence electrons. The number of hydrogen-bond acceptors (Lipinski definition) is 3. The summed E-state index contributed by atoms with van der Waals surface area (Å²) in [6.45, 7) is 5.44. The lowest BCUT2D eigenvalue weighted by atomic mass is 10.1. The molecule has 1 aromatic rings. The third kappa shape index (κ3) is 2.59. The lowest BCUT2D eigenvalue weighted by molar-refractivity contribution is -0.127. The van der Waals surface area contributed by atoms with Crippen molar-refractivity contribution in [1.29, 1.82) is 0 Å². The van der Waals surface area contributed by atoms with Gasteiger partial charge in [0.15, 0.2) is 5.78 Å². The monoisotopic (exact) mass is 270 g/mol. The van der Waals surface area contributed by atoms with Gasteiger partial charge in [-0.3, -0.25) is 9.48 Å². The number of aryl methyl sites for hydroxylation is 2. The number of halogens is 1. The molecular formula is C13H19ClN2O2. The maximum absolute atomic E-state index is 12.1. The van der Waals surface area contributed by atoms with Crippen molar-refractivity contribution in [3.05, 3.63) is 16.4 Å². The highest BCUT2D eigenvalue weighted by Crippen LogP contribution is 2.24. The Morgan fingerprint density at radius 2 is 2.33 bits per heavy atom. The van der Waals surface area contributed by atoms with Crippen LogP contribution in [0.2, 0.25) is 5.02 Å². The summed E-state index contributed by atoms with van der Waals surface area (Å²) in [5.74, 6) is 0.117. The van der Waals surface area contributed by atoms with Crippen LogP contribution in [0.4, 0.5) is 0 Å². The molecule has 5 heteroatoms. The number of hydrogen-bond donors (Lipinski definition) is 0. The van der Waals surface area contributed by atoms with E-state index in [9.17, 15) is 4.79 Å². The number of nitrogens with zero attached hydrogens (tertiary/aromatic N) is 2. The first-order valence-electron chi connectivity index (χ1n) is 6.55. The van der Waals surface area contributed by atoms with Crippen molar-refractivity contribution in [2.45, 2.75) is 52.2 Å². The second-order valence-electron chi connectivity index (χ2n) is 4.52. The van der Waals surface area contributed by atoms with Crippen LogP contribution in [0.5, 0.6) is 0 Å². The second kappa shape index (κ2) is 5.85. The summed E-state index contributed by atoms with van der Waals surface area (Å²) >= 11 is 6.28. The summed E-state index contributed by atoms with van der Waals surface area (Å²) in [4.78, 5) is 12.1. The molecule has 0 aliphatic carbocycles. The molecule has 1 atom stereocenters. The van der Waals surface area contributed by atoms with Gasteiger partial charge in [0.05, 0.1) is 22.8 Å². The first-order chi connectivity index (χ1) is 8.67. The fourth-order valence-electron chi connectivity index (χ4n) is 2.30. The van der Waals surface area contributed by atoms with Crippen molar-refractivity contribution in [2.24, 2.45) is 0 Å². The summed E-state index contributed by atoms with van der Waals surface area (Å²) in [7, 11) is 0. The molecule has 0 bridgehead atoms. The predicted molar refractivity (Wildman–Crippen MR) is 70.0 cm³/mol. The first kappa shape index (κ1) is 13.6. The Labute approximate surface area is 112 Å². The van der Waals surface area contributed by atoms with Crippen LogP contribution in [0.25, 0.3) is 0 Å². The molecule has 0 saturated carbocycles. The van der Waals surface area contributed by atoms with Crippen molar-refractivity contribution in [2.75, 3.05) is 6.61 Å². The van der Waals surface area contributed by atoms with Crippen molar-refractivity contribution in [3.63, 3.8) is 0 Å². The molecule has 1 unspecified atom stereocenters. The van der Waals surface area contributed by atoms with E-state index in [0.717, 1.165) is 37.2 Å². The Morgan fingerprint density at radius 1 is 1.56 bits per heavy atom. The van der Waals surface area contributed by atoms with Crippen LogP contribution in [-0.2, 0) is 28.9 Å². The smallest absolute Gasteiger partial charge is 0.167 e. The average Bonchev–Trinajstić information content (AvgIpc) is 2.99. The Balaban J connectivity index is 2.16. The molecule has 0 aromatic carbocycles. The van der Waals surface area contributed by atoms with E-state index in [-0.39, 0.29) is 11.9 Å². The highest BCUT2D eigenvalue weighted by atomic mass is 35.5. The Hall–Kier alpha value is -0.870. The van der Waals surface area contributed by atoms with Gasteiger partial charge in [-0.1, -0.05) is 18.5 Å². The topological polar surface area (TPSA) is 44.1 Å². The van der Waals surface area contributed by atoms with E-state index in [1.54, 1.807) is 0 Å². The normalized spacial score (nSPS) is 19.4. The SMILES string of the molecule is CCc1nn(CC)c(CC(=O)C2CCCO2)c1Cl. The van der Waals surface area contributed by atoms with Gasteiger partial charge in [-0.15, -0.1) is 0 Å². The predicted octanol–water partition coefficient (Wildman–Crippen LogP) is 2.41. The van der Waals surface area contributed by atoms with E-state index in [4.69, 9.17) is 16.3 Å². The maximum Gasteiger partial charge on any atom is 0.167 e. The summed E-state index contributed by atoms with van der Waals surface area (Å²) in [5, 5.41) is 5.06. The number of Topliss-reactive ketones (excluding diaryl/α,β-unsaturated/α-hetero) is 1. The molecule has 0 amide bonds. The number of ketones is 1. The minimum Gasteiger partial charge on any atom is -0.370 e. The van der Waals surface area contributed by atoms with E-state index >= 15 is 0 Å². The van der Waals surface area contributed by atoms with Gasteiger partial charge in [-0.2, -0.15) is 5.10 Å². The molecule has 0 radical (unpaired) electrons. The Kier molecular flexibility index (Phi) is 4.40. The van der Waals surface area contributed by atoms with E-state index in [1.165, 1.54) is 0 Å². The van der Waals surface area contributed by atoms with E-state index < -0.39 is 0 Å². The van der Waals surface area contributed by atoms with Crippen molar-refractivity contribution < 1.29 is 9.53 Å². The minimum atomic E-state index is -0.244. The number of ether oxygens (including phenoxy) is 1. The van der Waals surface area contributed by atoms with Gasteiger partial charge in [0.1, 0.15) is 6.10 Å². The molecule has 2 heterocycles. The second-order valence-corrected chi connectivity index (χ2v) is 4.90. The van der Waals surface area contributed by atoms with Gasteiger partial charge in [0.25, 0.3) is 0 Å². The Morgan fingerprint density at radius 3 is 2.89 bits per heavy atom. The van der Waals surface area contributed by atoms with E-state index in [1.807, 2.05) is 18.5 Å². The molecule has 0 spiro atoms. The highest BCUT2D eigenvalue weighted by molar-refractivity contribution is 6.32. The summed E-state index contributed by atoms with van der Waals surface area (Å²) in [6, 6.07) is 0. The standard InChI is InChI=1S/C13H19ClN2O2/c1-3-9-13(14)10(16(4-2)15-9)8-11(17)12-6-5-7-18-12/h12H,3-8H2,1-2H3. The molecule has 1 saturated heterocycles. The molecule has 1 aliphatic heterocycles. The van der Waals surface area contributed by atoms with E-state index in [2.05, 4.69) is 5.10 Å². The zero-order valence-corrected chi connectivity index (χ0v) is 11.7. The van der Waals surface area contributed by atoms with Crippen LogP contribution < -0.4 is 0 Å². The molecule has 0 N–H and O–H groups in total. The van der Waals surface area contributed by atoms with Crippen molar-refractivity contribution in [1.82, 2.24) is 9.78 Å². The van der Waals surface area contributed by atoms with Crippen molar-refractivity contribution >= 4 is 17.4 Å². The molecule has 1 aliphatic rings. The molecule has 2 rings (SSSR count). The molecule has 1 aromatic heterocycles. The first-order valence-corrected chi connectivity index (χ1v) is 6.93. The number of aromatic nitrogens is 2. The summed E-state index contributed by atoms with van der Waals surface area (Å²) in [5.41, 5.74) is 1.70. The van der Waals surface area contributed by atoms with Crippen LogP contribution in [0.3, 0.4) is 0 Å². The zero-order valence-electron chi connectivity index (χ0n) is 10.9. The molecule has 18 heavy (non-hydrogen) atoms. The van der Waals surface area contributed by atoms with Crippen LogP contribution >= 0.6 is 11.6 Å². The van der Waals surface area contributed by atoms with Crippen molar-refractivity contribution in [3.8, 4) is 0 Å². The number of carbonyl (C=O) groups excluding carboxylic acids is 1. The quantitative estimate of drug-likeness (QED) is 0.825. The van der Waals surface area contributed by atoms with E-state index in [0.29, 0.717) is 18.1 Å². The fraction of sp³-hybridized carbons (Fsp3) is 0.692. The molecule has 4 nitrogen and oxygen atoms in total.